The Hall–Kier alpha value is -0.930. The van der Waals surface area contributed by atoms with Gasteiger partial charge in [0.1, 0.15) is 0 Å². The molecule has 0 saturated heterocycles. The molecule has 1 aromatic rings. The molecule has 0 aromatic heterocycles. The van der Waals surface area contributed by atoms with Gasteiger partial charge in [0, 0.05) is 13.6 Å². The van der Waals surface area contributed by atoms with Gasteiger partial charge < -0.3 is 10.2 Å². The second-order valence-electron chi connectivity index (χ2n) is 3.81. The van der Waals surface area contributed by atoms with E-state index >= 15 is 0 Å². The van der Waals surface area contributed by atoms with E-state index in [0.717, 1.165) is 19.4 Å². The summed E-state index contributed by atoms with van der Waals surface area (Å²) in [6, 6.07) is 4.97. The van der Waals surface area contributed by atoms with Crippen molar-refractivity contribution < 1.29 is 4.79 Å². The van der Waals surface area contributed by atoms with Crippen LogP contribution in [-0.4, -0.2) is 24.5 Å². The van der Waals surface area contributed by atoms with Crippen LogP contribution >= 0.6 is 23.2 Å². The number of urea groups is 1. The van der Waals surface area contributed by atoms with Gasteiger partial charge >= 0.3 is 6.03 Å². The summed E-state index contributed by atoms with van der Waals surface area (Å²) in [6.45, 7) is 2.81. The molecule has 0 bridgehead atoms. The molecule has 0 aliphatic rings. The molecule has 3 nitrogen and oxygen atoms in total. The minimum Gasteiger partial charge on any atom is -0.328 e. The molecule has 0 aliphatic carbocycles. The van der Waals surface area contributed by atoms with Crippen LogP contribution in [0.2, 0.25) is 10.0 Å². The quantitative estimate of drug-likeness (QED) is 0.875. The number of unbranched alkanes of at least 4 members (excludes halogenated alkanes) is 1. The highest BCUT2D eigenvalue weighted by Gasteiger charge is 2.11. The van der Waals surface area contributed by atoms with Crippen molar-refractivity contribution in [3.63, 3.8) is 0 Å². The molecule has 0 unspecified atom stereocenters. The number of carbonyl (C=O) groups is 1. The van der Waals surface area contributed by atoms with Crippen molar-refractivity contribution in [2.45, 2.75) is 19.8 Å². The van der Waals surface area contributed by atoms with Crippen LogP contribution < -0.4 is 5.32 Å². The summed E-state index contributed by atoms with van der Waals surface area (Å²) in [5.74, 6) is 0. The van der Waals surface area contributed by atoms with Gasteiger partial charge in [-0.3, -0.25) is 0 Å². The second-order valence-corrected chi connectivity index (χ2v) is 4.59. The molecule has 0 spiro atoms. The molecule has 0 atom stereocenters. The number of benzene rings is 1. The molecule has 0 saturated carbocycles. The number of hydrogen-bond donors (Lipinski definition) is 1. The van der Waals surface area contributed by atoms with E-state index in [1.54, 1.807) is 30.1 Å². The summed E-state index contributed by atoms with van der Waals surface area (Å²) in [7, 11) is 1.75. The Morgan fingerprint density at radius 2 is 2.12 bits per heavy atom. The summed E-state index contributed by atoms with van der Waals surface area (Å²) >= 11 is 11.8. The molecule has 17 heavy (non-hydrogen) atoms. The molecule has 0 radical (unpaired) electrons. The lowest BCUT2D eigenvalue weighted by atomic mass is 10.3. The molecule has 1 aromatic carbocycles. The highest BCUT2D eigenvalue weighted by Crippen LogP contribution is 2.29. The molecule has 1 N–H and O–H groups in total. The van der Waals surface area contributed by atoms with Crippen molar-refractivity contribution in [3.8, 4) is 0 Å². The van der Waals surface area contributed by atoms with E-state index in [4.69, 9.17) is 23.2 Å². The Bertz CT molecular complexity index is 396. The van der Waals surface area contributed by atoms with Crippen LogP contribution in [0.5, 0.6) is 0 Å². The third-order valence-electron chi connectivity index (χ3n) is 2.39. The second kappa shape index (κ2) is 6.72. The van der Waals surface area contributed by atoms with Gasteiger partial charge in [-0.1, -0.05) is 42.6 Å². The summed E-state index contributed by atoms with van der Waals surface area (Å²) in [5, 5.41) is 3.53. The Morgan fingerprint density at radius 3 is 2.76 bits per heavy atom. The van der Waals surface area contributed by atoms with Gasteiger partial charge in [-0.15, -0.1) is 0 Å². The maximum atomic E-state index is 11.8. The van der Waals surface area contributed by atoms with Gasteiger partial charge in [0.15, 0.2) is 0 Å². The van der Waals surface area contributed by atoms with Crippen LogP contribution in [0.15, 0.2) is 18.2 Å². The van der Waals surface area contributed by atoms with Crippen LogP contribution in [0, 0.1) is 0 Å². The van der Waals surface area contributed by atoms with E-state index in [9.17, 15) is 4.79 Å². The number of carbonyl (C=O) groups excluding carboxylic acids is 1. The van der Waals surface area contributed by atoms with E-state index in [1.807, 2.05) is 0 Å². The molecular weight excluding hydrogens is 259 g/mol. The van der Waals surface area contributed by atoms with Crippen LogP contribution in [0.25, 0.3) is 0 Å². The zero-order valence-corrected chi connectivity index (χ0v) is 11.5. The van der Waals surface area contributed by atoms with Gasteiger partial charge in [0.25, 0.3) is 0 Å². The zero-order valence-electron chi connectivity index (χ0n) is 9.96. The zero-order chi connectivity index (χ0) is 12.8. The lowest BCUT2D eigenvalue weighted by Crippen LogP contribution is -2.32. The first-order valence-corrected chi connectivity index (χ1v) is 6.28. The number of rotatable bonds is 4. The maximum Gasteiger partial charge on any atom is 0.321 e. The average Bonchev–Trinajstić information content (AvgIpc) is 2.31. The smallest absolute Gasteiger partial charge is 0.321 e. The molecule has 1 rings (SSSR count). The van der Waals surface area contributed by atoms with Gasteiger partial charge in [0.2, 0.25) is 0 Å². The molecule has 5 heteroatoms. The van der Waals surface area contributed by atoms with Gasteiger partial charge in [0.05, 0.1) is 15.7 Å². The fourth-order valence-corrected chi connectivity index (χ4v) is 1.66. The minimum atomic E-state index is -0.178. The number of hydrogen-bond acceptors (Lipinski definition) is 1. The van der Waals surface area contributed by atoms with E-state index in [0.29, 0.717) is 15.7 Å². The van der Waals surface area contributed by atoms with Crippen molar-refractivity contribution in [1.82, 2.24) is 4.90 Å². The first-order valence-electron chi connectivity index (χ1n) is 5.52. The predicted octanol–water partition coefficient (Wildman–Crippen LogP) is 4.26. The first-order chi connectivity index (χ1) is 8.06. The van der Waals surface area contributed by atoms with E-state index < -0.39 is 0 Å². The largest absolute Gasteiger partial charge is 0.328 e. The summed E-state index contributed by atoms with van der Waals surface area (Å²) < 4.78 is 0. The third kappa shape index (κ3) is 4.10. The highest BCUT2D eigenvalue weighted by atomic mass is 35.5. The summed E-state index contributed by atoms with van der Waals surface area (Å²) in [4.78, 5) is 13.4. The van der Waals surface area contributed by atoms with Crippen molar-refractivity contribution >= 4 is 34.9 Å². The number of nitrogens with one attached hydrogen (secondary N) is 1. The summed E-state index contributed by atoms with van der Waals surface area (Å²) in [6.07, 6.45) is 2.03. The molecule has 0 fully saturated rings. The molecular formula is C12H16Cl2N2O. The predicted molar refractivity (Wildman–Crippen MR) is 73.0 cm³/mol. The van der Waals surface area contributed by atoms with E-state index in [-0.39, 0.29) is 6.03 Å². The van der Waals surface area contributed by atoms with Crippen molar-refractivity contribution in [2.75, 3.05) is 18.9 Å². The molecule has 94 valence electrons. The number of anilines is 1. The normalized spacial score (nSPS) is 10.1. The van der Waals surface area contributed by atoms with Crippen molar-refractivity contribution in [2.24, 2.45) is 0 Å². The topological polar surface area (TPSA) is 32.3 Å². The molecule has 2 amide bonds. The maximum absolute atomic E-state index is 11.8. The van der Waals surface area contributed by atoms with Crippen molar-refractivity contribution in [3.05, 3.63) is 28.2 Å². The van der Waals surface area contributed by atoms with Crippen LogP contribution in [0.4, 0.5) is 10.5 Å². The van der Waals surface area contributed by atoms with Crippen LogP contribution in [0.3, 0.4) is 0 Å². The lowest BCUT2D eigenvalue weighted by Gasteiger charge is -2.18. The average molecular weight is 275 g/mol. The first kappa shape index (κ1) is 14.1. The Morgan fingerprint density at radius 1 is 1.41 bits per heavy atom. The Kier molecular flexibility index (Phi) is 5.59. The molecule has 0 heterocycles. The Balaban J connectivity index is 2.64. The third-order valence-corrected chi connectivity index (χ3v) is 3.21. The van der Waals surface area contributed by atoms with Gasteiger partial charge in [-0.2, -0.15) is 0 Å². The lowest BCUT2D eigenvalue weighted by molar-refractivity contribution is 0.222. The SMILES string of the molecule is CCCCN(C)C(=O)Nc1cccc(Cl)c1Cl. The van der Waals surface area contributed by atoms with Gasteiger partial charge in [-0.05, 0) is 18.6 Å². The van der Waals surface area contributed by atoms with Crippen molar-refractivity contribution in [1.29, 1.82) is 0 Å². The monoisotopic (exact) mass is 274 g/mol. The van der Waals surface area contributed by atoms with E-state index in [1.165, 1.54) is 0 Å². The minimum absolute atomic E-state index is 0.178. The van der Waals surface area contributed by atoms with Crippen LogP contribution in [0.1, 0.15) is 19.8 Å². The fourth-order valence-electron chi connectivity index (χ4n) is 1.31. The highest BCUT2D eigenvalue weighted by molar-refractivity contribution is 6.43. The number of nitrogens with zero attached hydrogens (tertiary/aromatic N) is 1. The van der Waals surface area contributed by atoms with E-state index in [2.05, 4.69) is 12.2 Å². The van der Waals surface area contributed by atoms with Gasteiger partial charge in [-0.25, -0.2) is 4.79 Å². The standard InChI is InChI=1S/C12H16Cl2N2O/c1-3-4-8-16(2)12(17)15-10-7-5-6-9(13)11(10)14/h5-7H,3-4,8H2,1-2H3,(H,15,17). The number of halogens is 2. The number of amides is 2. The molecule has 0 aliphatic heterocycles. The van der Waals surface area contributed by atoms with Crippen LogP contribution in [-0.2, 0) is 0 Å². The fraction of sp³-hybridized carbons (Fsp3) is 0.417. The summed E-state index contributed by atoms with van der Waals surface area (Å²) in [5.41, 5.74) is 0.535. The Labute approximate surface area is 112 Å².